The molecule has 3 heterocycles. The van der Waals surface area contributed by atoms with Crippen LogP contribution in [0.4, 0.5) is 0 Å². The average Bonchev–Trinajstić information content (AvgIpc) is 2.83. The van der Waals surface area contributed by atoms with Crippen LogP contribution in [-0.4, -0.2) is 20.9 Å². The van der Waals surface area contributed by atoms with Crippen LogP contribution in [-0.2, 0) is 6.54 Å². The Kier molecular flexibility index (Phi) is 3.72. The molecule has 0 aromatic carbocycles. The summed E-state index contributed by atoms with van der Waals surface area (Å²) in [4.78, 5) is 36.5. The first-order chi connectivity index (χ1) is 10.6. The molecule has 3 aromatic heterocycles. The number of fused-ring (bicyclic) bond motifs is 1. The van der Waals surface area contributed by atoms with Crippen molar-refractivity contribution in [2.45, 2.75) is 20.4 Å². The zero-order valence-electron chi connectivity index (χ0n) is 12.1. The first-order valence-corrected chi connectivity index (χ1v) is 7.56. The molecule has 1 amide bonds. The minimum absolute atomic E-state index is 0.208. The van der Waals surface area contributed by atoms with Gasteiger partial charge in [-0.3, -0.25) is 14.6 Å². The van der Waals surface area contributed by atoms with Gasteiger partial charge in [0.1, 0.15) is 10.7 Å². The van der Waals surface area contributed by atoms with E-state index in [1.807, 2.05) is 18.2 Å². The molecule has 112 valence electrons. The molecule has 0 spiro atoms. The second-order valence-electron chi connectivity index (χ2n) is 4.89. The molecule has 0 aliphatic rings. The van der Waals surface area contributed by atoms with Crippen LogP contribution in [0.25, 0.3) is 10.2 Å². The van der Waals surface area contributed by atoms with E-state index >= 15 is 0 Å². The number of hydrogen-bond acceptors (Lipinski definition) is 5. The summed E-state index contributed by atoms with van der Waals surface area (Å²) >= 11 is 1.23. The number of nitrogens with zero attached hydrogens (tertiary/aromatic N) is 2. The third kappa shape index (κ3) is 2.62. The standard InChI is InChI=1S/C15H14N4O2S/c1-8-11-13(20)18-9(2)19-15(11)22-12(8)14(21)17-7-10-5-3-4-6-16-10/h3-6H,7H2,1-2H3,(H,17,21)(H,18,19,20). The molecule has 3 rings (SSSR count). The molecule has 0 fully saturated rings. The van der Waals surface area contributed by atoms with Crippen LogP contribution in [0.3, 0.4) is 0 Å². The molecule has 0 atom stereocenters. The summed E-state index contributed by atoms with van der Waals surface area (Å²) in [5, 5.41) is 3.30. The van der Waals surface area contributed by atoms with E-state index < -0.39 is 0 Å². The first kappa shape index (κ1) is 14.4. The van der Waals surface area contributed by atoms with Crippen LogP contribution in [0.5, 0.6) is 0 Å². The Labute approximate surface area is 130 Å². The summed E-state index contributed by atoms with van der Waals surface area (Å²) in [6, 6.07) is 5.53. The number of pyridine rings is 1. The number of H-pyrrole nitrogens is 1. The van der Waals surface area contributed by atoms with Gasteiger partial charge in [-0.2, -0.15) is 0 Å². The predicted molar refractivity (Wildman–Crippen MR) is 85.1 cm³/mol. The largest absolute Gasteiger partial charge is 0.346 e. The molecule has 2 N–H and O–H groups in total. The molecule has 0 saturated heterocycles. The van der Waals surface area contributed by atoms with E-state index in [1.54, 1.807) is 20.0 Å². The van der Waals surface area contributed by atoms with Crippen molar-refractivity contribution in [3.05, 3.63) is 56.7 Å². The van der Waals surface area contributed by atoms with Crippen molar-refractivity contribution < 1.29 is 4.79 Å². The monoisotopic (exact) mass is 314 g/mol. The van der Waals surface area contributed by atoms with Crippen LogP contribution in [0.15, 0.2) is 29.2 Å². The fraction of sp³-hybridized carbons (Fsp3) is 0.200. The maximum absolute atomic E-state index is 12.3. The normalized spacial score (nSPS) is 10.8. The molecule has 0 aliphatic carbocycles. The fourth-order valence-corrected chi connectivity index (χ4v) is 3.37. The molecular weight excluding hydrogens is 300 g/mol. The van der Waals surface area contributed by atoms with Crippen LogP contribution < -0.4 is 10.9 Å². The number of thiophene rings is 1. The number of aryl methyl sites for hydroxylation is 2. The zero-order chi connectivity index (χ0) is 15.7. The maximum atomic E-state index is 12.3. The van der Waals surface area contributed by atoms with Crippen molar-refractivity contribution in [3.63, 3.8) is 0 Å². The second-order valence-corrected chi connectivity index (χ2v) is 5.89. The molecule has 0 bridgehead atoms. The van der Waals surface area contributed by atoms with E-state index in [9.17, 15) is 9.59 Å². The van der Waals surface area contributed by atoms with E-state index in [4.69, 9.17) is 0 Å². The van der Waals surface area contributed by atoms with Crippen molar-refractivity contribution in [2.75, 3.05) is 0 Å². The first-order valence-electron chi connectivity index (χ1n) is 6.74. The Bertz CT molecular complexity index is 899. The van der Waals surface area contributed by atoms with Gasteiger partial charge in [-0.05, 0) is 31.5 Å². The number of aromatic amines is 1. The molecule has 3 aromatic rings. The summed E-state index contributed by atoms with van der Waals surface area (Å²) < 4.78 is 0. The maximum Gasteiger partial charge on any atom is 0.262 e. The summed E-state index contributed by atoms with van der Waals surface area (Å²) in [6.45, 7) is 3.83. The number of amides is 1. The van der Waals surface area contributed by atoms with Gasteiger partial charge in [0, 0.05) is 6.20 Å². The Morgan fingerprint density at radius 3 is 2.91 bits per heavy atom. The van der Waals surface area contributed by atoms with Gasteiger partial charge in [-0.1, -0.05) is 6.07 Å². The molecule has 7 heteroatoms. The molecule has 0 radical (unpaired) electrons. The Morgan fingerprint density at radius 2 is 2.18 bits per heavy atom. The van der Waals surface area contributed by atoms with Crippen LogP contribution in [0.1, 0.15) is 26.8 Å². The lowest BCUT2D eigenvalue weighted by atomic mass is 10.2. The van der Waals surface area contributed by atoms with Crippen molar-refractivity contribution in [3.8, 4) is 0 Å². The lowest BCUT2D eigenvalue weighted by molar-refractivity contribution is 0.0954. The van der Waals surface area contributed by atoms with Gasteiger partial charge < -0.3 is 10.3 Å². The highest BCUT2D eigenvalue weighted by Gasteiger charge is 2.18. The number of rotatable bonds is 3. The van der Waals surface area contributed by atoms with Crippen molar-refractivity contribution >= 4 is 27.5 Å². The molecule has 22 heavy (non-hydrogen) atoms. The van der Waals surface area contributed by atoms with E-state index in [0.717, 1.165) is 5.69 Å². The second kappa shape index (κ2) is 5.69. The van der Waals surface area contributed by atoms with E-state index in [-0.39, 0.29) is 11.5 Å². The van der Waals surface area contributed by atoms with Gasteiger partial charge in [0.05, 0.1) is 22.5 Å². The van der Waals surface area contributed by atoms with Gasteiger partial charge in [0.25, 0.3) is 11.5 Å². The summed E-state index contributed by atoms with van der Waals surface area (Å²) in [5.41, 5.74) is 1.23. The number of nitrogens with one attached hydrogen (secondary N) is 2. The molecule has 6 nitrogen and oxygen atoms in total. The summed E-state index contributed by atoms with van der Waals surface area (Å²) in [7, 11) is 0. The average molecular weight is 314 g/mol. The minimum atomic E-state index is -0.219. The fourth-order valence-electron chi connectivity index (χ4n) is 2.22. The lowest BCUT2D eigenvalue weighted by Crippen LogP contribution is -2.23. The quantitative estimate of drug-likeness (QED) is 0.773. The Balaban J connectivity index is 1.90. The highest BCUT2D eigenvalue weighted by Crippen LogP contribution is 2.26. The van der Waals surface area contributed by atoms with Gasteiger partial charge in [0.15, 0.2) is 0 Å². The van der Waals surface area contributed by atoms with E-state index in [0.29, 0.717) is 33.0 Å². The topological polar surface area (TPSA) is 87.7 Å². The zero-order valence-corrected chi connectivity index (χ0v) is 13.0. The smallest absolute Gasteiger partial charge is 0.262 e. The predicted octanol–water partition coefficient (Wildman–Crippen LogP) is 1.93. The minimum Gasteiger partial charge on any atom is -0.346 e. The van der Waals surface area contributed by atoms with Gasteiger partial charge in [-0.15, -0.1) is 11.3 Å². The summed E-state index contributed by atoms with van der Waals surface area (Å²) in [6.07, 6.45) is 1.68. The van der Waals surface area contributed by atoms with Crippen molar-refractivity contribution in [2.24, 2.45) is 0 Å². The number of hydrogen-bond donors (Lipinski definition) is 2. The van der Waals surface area contributed by atoms with Gasteiger partial charge >= 0.3 is 0 Å². The molecule has 0 saturated carbocycles. The van der Waals surface area contributed by atoms with Crippen LogP contribution >= 0.6 is 11.3 Å². The molecular formula is C15H14N4O2S. The van der Waals surface area contributed by atoms with Gasteiger partial charge in [0.2, 0.25) is 0 Å². The number of carbonyl (C=O) groups is 1. The number of aromatic nitrogens is 3. The van der Waals surface area contributed by atoms with E-state index in [2.05, 4.69) is 20.3 Å². The third-order valence-electron chi connectivity index (χ3n) is 3.28. The number of carbonyl (C=O) groups excluding carboxylic acids is 1. The Morgan fingerprint density at radius 1 is 1.36 bits per heavy atom. The van der Waals surface area contributed by atoms with Crippen molar-refractivity contribution in [1.29, 1.82) is 0 Å². The lowest BCUT2D eigenvalue weighted by Gasteiger charge is -2.03. The molecule has 0 unspecified atom stereocenters. The SMILES string of the molecule is Cc1nc2sc(C(=O)NCc3ccccn3)c(C)c2c(=O)[nH]1. The van der Waals surface area contributed by atoms with E-state index in [1.165, 1.54) is 11.3 Å². The Hall–Kier alpha value is -2.54. The highest BCUT2D eigenvalue weighted by atomic mass is 32.1. The van der Waals surface area contributed by atoms with Crippen LogP contribution in [0, 0.1) is 13.8 Å². The summed E-state index contributed by atoms with van der Waals surface area (Å²) in [5.74, 6) is 0.322. The van der Waals surface area contributed by atoms with Crippen LogP contribution in [0.2, 0.25) is 0 Å². The molecule has 0 aliphatic heterocycles. The van der Waals surface area contributed by atoms with Gasteiger partial charge in [-0.25, -0.2) is 4.98 Å². The van der Waals surface area contributed by atoms with Crippen molar-refractivity contribution in [1.82, 2.24) is 20.3 Å². The highest BCUT2D eigenvalue weighted by molar-refractivity contribution is 7.20. The third-order valence-corrected chi connectivity index (χ3v) is 4.47.